The Morgan fingerprint density at radius 2 is 1.97 bits per heavy atom. The molecule has 1 aliphatic heterocycles. The zero-order valence-electron chi connectivity index (χ0n) is 16.5. The summed E-state index contributed by atoms with van der Waals surface area (Å²) < 4.78 is 6.56. The SMILES string of the molecule is Cc1cccc(NC(=O)N2CCCCC2c2nc(-c3ccc(Br)cc3)no2)c1C. The second-order valence-corrected chi connectivity index (χ2v) is 8.26. The topological polar surface area (TPSA) is 71.3 Å². The molecule has 0 aliphatic carbocycles. The summed E-state index contributed by atoms with van der Waals surface area (Å²) >= 11 is 3.43. The van der Waals surface area contributed by atoms with Gasteiger partial charge in [0, 0.05) is 22.3 Å². The van der Waals surface area contributed by atoms with E-state index >= 15 is 0 Å². The van der Waals surface area contributed by atoms with Crippen molar-refractivity contribution in [2.45, 2.75) is 39.2 Å². The molecule has 7 heteroatoms. The molecule has 1 N–H and O–H groups in total. The van der Waals surface area contributed by atoms with Crippen molar-refractivity contribution < 1.29 is 9.32 Å². The van der Waals surface area contributed by atoms with Gasteiger partial charge in [-0.3, -0.25) is 0 Å². The number of benzene rings is 2. The van der Waals surface area contributed by atoms with Gasteiger partial charge >= 0.3 is 6.03 Å². The van der Waals surface area contributed by atoms with Crippen LogP contribution in [0.25, 0.3) is 11.4 Å². The van der Waals surface area contributed by atoms with Crippen LogP contribution in [0.15, 0.2) is 51.5 Å². The lowest BCUT2D eigenvalue weighted by molar-refractivity contribution is 0.142. The van der Waals surface area contributed by atoms with Crippen LogP contribution in [0.3, 0.4) is 0 Å². The first-order valence-corrected chi connectivity index (χ1v) is 10.6. The van der Waals surface area contributed by atoms with Gasteiger partial charge in [-0.25, -0.2) is 4.79 Å². The largest absolute Gasteiger partial charge is 0.337 e. The zero-order chi connectivity index (χ0) is 20.4. The van der Waals surface area contributed by atoms with Crippen molar-refractivity contribution in [3.8, 4) is 11.4 Å². The van der Waals surface area contributed by atoms with E-state index in [1.807, 2.05) is 61.2 Å². The van der Waals surface area contributed by atoms with Crippen LogP contribution in [0.5, 0.6) is 0 Å². The number of urea groups is 1. The molecule has 1 unspecified atom stereocenters. The first-order chi connectivity index (χ1) is 14.0. The van der Waals surface area contributed by atoms with E-state index in [0.717, 1.165) is 46.1 Å². The highest BCUT2D eigenvalue weighted by atomic mass is 79.9. The van der Waals surface area contributed by atoms with Crippen LogP contribution in [0.4, 0.5) is 10.5 Å². The predicted molar refractivity (Wildman–Crippen MR) is 116 cm³/mol. The fourth-order valence-electron chi connectivity index (χ4n) is 3.59. The number of anilines is 1. The quantitative estimate of drug-likeness (QED) is 0.536. The van der Waals surface area contributed by atoms with Crippen molar-refractivity contribution in [3.05, 3.63) is 64.0 Å². The molecule has 4 rings (SSSR count). The number of amides is 2. The minimum absolute atomic E-state index is 0.133. The fourth-order valence-corrected chi connectivity index (χ4v) is 3.86. The lowest BCUT2D eigenvalue weighted by Crippen LogP contribution is -2.41. The lowest BCUT2D eigenvalue weighted by Gasteiger charge is -2.33. The summed E-state index contributed by atoms with van der Waals surface area (Å²) in [7, 11) is 0. The molecular formula is C22H23BrN4O2. The average molecular weight is 455 g/mol. The highest BCUT2D eigenvalue weighted by Gasteiger charge is 2.32. The van der Waals surface area contributed by atoms with Crippen molar-refractivity contribution in [2.24, 2.45) is 0 Å². The number of carbonyl (C=O) groups is 1. The van der Waals surface area contributed by atoms with Crippen molar-refractivity contribution in [2.75, 3.05) is 11.9 Å². The number of rotatable bonds is 3. The molecule has 1 fully saturated rings. The Balaban J connectivity index is 1.55. The third-order valence-corrected chi connectivity index (χ3v) is 5.97. The number of likely N-dealkylation sites (tertiary alicyclic amines) is 1. The van der Waals surface area contributed by atoms with E-state index in [0.29, 0.717) is 18.3 Å². The average Bonchev–Trinajstić information content (AvgIpc) is 3.22. The molecule has 2 heterocycles. The van der Waals surface area contributed by atoms with Gasteiger partial charge in [0.05, 0.1) is 0 Å². The second kappa shape index (κ2) is 8.37. The zero-order valence-corrected chi connectivity index (χ0v) is 18.1. The molecule has 1 aliphatic rings. The summed E-state index contributed by atoms with van der Waals surface area (Å²) in [5.41, 5.74) is 3.93. The van der Waals surface area contributed by atoms with E-state index in [2.05, 4.69) is 31.4 Å². The van der Waals surface area contributed by atoms with E-state index in [4.69, 9.17) is 4.52 Å². The molecule has 29 heavy (non-hydrogen) atoms. The van der Waals surface area contributed by atoms with Gasteiger partial charge in [-0.1, -0.05) is 33.2 Å². The molecule has 3 aromatic rings. The summed E-state index contributed by atoms with van der Waals surface area (Å²) in [6.45, 7) is 4.72. The molecular weight excluding hydrogens is 432 g/mol. The van der Waals surface area contributed by atoms with Gasteiger partial charge in [0.1, 0.15) is 6.04 Å². The third kappa shape index (κ3) is 4.19. The maximum Gasteiger partial charge on any atom is 0.322 e. The maximum atomic E-state index is 13.0. The second-order valence-electron chi connectivity index (χ2n) is 7.35. The van der Waals surface area contributed by atoms with E-state index in [9.17, 15) is 4.79 Å². The van der Waals surface area contributed by atoms with Crippen molar-refractivity contribution in [1.82, 2.24) is 15.0 Å². The monoisotopic (exact) mass is 454 g/mol. The Bertz CT molecular complexity index is 1020. The van der Waals surface area contributed by atoms with E-state index in [1.165, 1.54) is 0 Å². The number of carbonyl (C=O) groups excluding carboxylic acids is 1. The van der Waals surface area contributed by atoms with E-state index in [1.54, 1.807) is 0 Å². The molecule has 150 valence electrons. The van der Waals surface area contributed by atoms with Crippen LogP contribution < -0.4 is 5.32 Å². The number of aryl methyl sites for hydroxylation is 1. The van der Waals surface area contributed by atoms with Crippen LogP contribution in [-0.2, 0) is 0 Å². The molecule has 1 aromatic heterocycles. The van der Waals surface area contributed by atoms with Gasteiger partial charge < -0.3 is 14.7 Å². The molecule has 1 atom stereocenters. The molecule has 0 saturated carbocycles. The van der Waals surface area contributed by atoms with Crippen molar-refractivity contribution in [1.29, 1.82) is 0 Å². The van der Waals surface area contributed by atoms with Crippen LogP contribution >= 0.6 is 15.9 Å². The summed E-state index contributed by atoms with van der Waals surface area (Å²) in [5, 5.41) is 7.19. The Labute approximate surface area is 178 Å². The first-order valence-electron chi connectivity index (χ1n) is 9.76. The first kappa shape index (κ1) is 19.6. The molecule has 0 bridgehead atoms. The number of halogens is 1. The number of nitrogens with one attached hydrogen (secondary N) is 1. The molecule has 2 aromatic carbocycles. The molecule has 6 nitrogen and oxygen atoms in total. The number of nitrogens with zero attached hydrogens (tertiary/aromatic N) is 3. The summed E-state index contributed by atoms with van der Waals surface area (Å²) in [6.07, 6.45) is 2.79. The number of hydrogen-bond donors (Lipinski definition) is 1. The highest BCUT2D eigenvalue weighted by Crippen LogP contribution is 2.32. The maximum absolute atomic E-state index is 13.0. The normalized spacial score (nSPS) is 16.7. The summed E-state index contributed by atoms with van der Waals surface area (Å²) in [6, 6.07) is 13.3. The predicted octanol–water partition coefficient (Wildman–Crippen LogP) is 5.88. The van der Waals surface area contributed by atoms with Gasteiger partial charge in [0.2, 0.25) is 11.7 Å². The minimum Gasteiger partial charge on any atom is -0.337 e. The summed E-state index contributed by atoms with van der Waals surface area (Å²) in [5.74, 6) is 1.02. The number of aromatic nitrogens is 2. The third-order valence-electron chi connectivity index (χ3n) is 5.44. The van der Waals surface area contributed by atoms with Gasteiger partial charge in [-0.15, -0.1) is 0 Å². The Morgan fingerprint density at radius 3 is 2.76 bits per heavy atom. The van der Waals surface area contributed by atoms with Crippen LogP contribution in [0, 0.1) is 13.8 Å². The molecule has 0 spiro atoms. The smallest absolute Gasteiger partial charge is 0.322 e. The van der Waals surface area contributed by atoms with Crippen molar-refractivity contribution in [3.63, 3.8) is 0 Å². The van der Waals surface area contributed by atoms with Crippen molar-refractivity contribution >= 4 is 27.6 Å². The standard InChI is InChI=1S/C22H23BrN4O2/c1-14-6-5-7-18(15(14)2)24-22(28)27-13-4-3-8-19(27)21-25-20(26-29-21)16-9-11-17(23)12-10-16/h5-7,9-12,19H,3-4,8,13H2,1-2H3,(H,24,28). The Morgan fingerprint density at radius 1 is 1.17 bits per heavy atom. The van der Waals surface area contributed by atoms with Crippen LogP contribution in [0.1, 0.15) is 42.3 Å². The van der Waals surface area contributed by atoms with E-state index in [-0.39, 0.29) is 12.1 Å². The van der Waals surface area contributed by atoms with Crippen LogP contribution in [-0.4, -0.2) is 27.6 Å². The Kier molecular flexibility index (Phi) is 5.67. The number of piperidine rings is 1. The van der Waals surface area contributed by atoms with Gasteiger partial charge in [-0.05, 0) is 74.6 Å². The Hall–Kier alpha value is -2.67. The van der Waals surface area contributed by atoms with Gasteiger partial charge in [0.15, 0.2) is 0 Å². The highest BCUT2D eigenvalue weighted by molar-refractivity contribution is 9.10. The van der Waals surface area contributed by atoms with E-state index < -0.39 is 0 Å². The fraction of sp³-hybridized carbons (Fsp3) is 0.318. The van der Waals surface area contributed by atoms with Gasteiger partial charge in [-0.2, -0.15) is 4.98 Å². The minimum atomic E-state index is -0.217. The number of hydrogen-bond acceptors (Lipinski definition) is 4. The molecule has 0 radical (unpaired) electrons. The van der Waals surface area contributed by atoms with Crippen LogP contribution in [0.2, 0.25) is 0 Å². The van der Waals surface area contributed by atoms with Gasteiger partial charge in [0.25, 0.3) is 0 Å². The lowest BCUT2D eigenvalue weighted by atomic mass is 10.0. The molecule has 2 amide bonds. The molecule has 1 saturated heterocycles. The summed E-state index contributed by atoms with van der Waals surface area (Å²) in [4.78, 5) is 19.4.